The van der Waals surface area contributed by atoms with Crippen molar-refractivity contribution in [3.8, 4) is 11.1 Å². The van der Waals surface area contributed by atoms with Gasteiger partial charge in [-0.15, -0.1) is 0 Å². The van der Waals surface area contributed by atoms with Crippen LogP contribution in [0, 0.1) is 0 Å². The molecule has 1 fully saturated rings. The van der Waals surface area contributed by atoms with Crippen molar-refractivity contribution < 1.29 is 13.2 Å². The Balaban J connectivity index is 1.50. The zero-order valence-electron chi connectivity index (χ0n) is 17.3. The fraction of sp³-hybridized carbons (Fsp3) is 0.292. The van der Waals surface area contributed by atoms with Gasteiger partial charge in [-0.05, 0) is 54.1 Å². The van der Waals surface area contributed by atoms with Gasteiger partial charge in [0.15, 0.2) is 0 Å². The van der Waals surface area contributed by atoms with E-state index in [9.17, 15) is 13.2 Å². The lowest BCUT2D eigenvalue weighted by molar-refractivity contribution is -0.138. The molecule has 0 spiro atoms. The number of anilines is 1. The van der Waals surface area contributed by atoms with Crippen LogP contribution in [0.5, 0.6) is 0 Å². The molecule has 1 unspecified atom stereocenters. The number of nitrogens with zero attached hydrogens (tertiary/aromatic N) is 3. The topological polar surface area (TPSA) is 62.7 Å². The summed E-state index contributed by atoms with van der Waals surface area (Å²) < 4.78 is 41.4. The third-order valence-corrected chi connectivity index (χ3v) is 5.90. The number of hydrogen-bond acceptors (Lipinski definition) is 5. The molecule has 5 nitrogen and oxygen atoms in total. The Bertz CT molecular complexity index is 1150. The Morgan fingerprint density at radius 2 is 2.00 bits per heavy atom. The number of fused-ring (bicyclic) bond motifs is 1. The largest absolute Gasteiger partial charge is 0.419 e. The third kappa shape index (κ3) is 4.10. The second-order valence-corrected chi connectivity index (χ2v) is 8.08. The zero-order valence-corrected chi connectivity index (χ0v) is 17.3. The minimum atomic E-state index is -4.54. The summed E-state index contributed by atoms with van der Waals surface area (Å²) in [4.78, 5) is 12.5. The number of halogens is 3. The van der Waals surface area contributed by atoms with Crippen LogP contribution in [0.15, 0.2) is 55.0 Å². The molecule has 0 radical (unpaired) electrons. The number of hydrogen-bond donors (Lipinski definition) is 2. The molecule has 1 aliphatic heterocycles. The number of alkyl halides is 3. The highest BCUT2D eigenvalue weighted by Crippen LogP contribution is 2.40. The summed E-state index contributed by atoms with van der Waals surface area (Å²) in [6.45, 7) is 1.68. The molecule has 5 rings (SSSR count). The summed E-state index contributed by atoms with van der Waals surface area (Å²) in [5, 5.41) is 6.47. The van der Waals surface area contributed by atoms with Gasteiger partial charge in [0, 0.05) is 36.8 Å². The van der Waals surface area contributed by atoms with E-state index in [0.717, 1.165) is 54.4 Å². The van der Waals surface area contributed by atoms with Crippen LogP contribution in [-0.4, -0.2) is 34.1 Å². The van der Waals surface area contributed by atoms with Gasteiger partial charge >= 0.3 is 6.18 Å². The Morgan fingerprint density at radius 1 is 1.09 bits per heavy atom. The highest BCUT2D eigenvalue weighted by atomic mass is 19.4. The summed E-state index contributed by atoms with van der Waals surface area (Å²) in [6, 6.07) is 9.71. The first-order chi connectivity index (χ1) is 15.5. The molecule has 1 aliphatic carbocycles. The number of pyridine rings is 1. The van der Waals surface area contributed by atoms with Gasteiger partial charge in [0.25, 0.3) is 0 Å². The van der Waals surface area contributed by atoms with E-state index in [1.807, 2.05) is 36.4 Å². The molecule has 2 aromatic heterocycles. The van der Waals surface area contributed by atoms with Crippen LogP contribution in [0.3, 0.4) is 0 Å². The number of benzene rings is 1. The molecule has 2 aliphatic rings. The van der Waals surface area contributed by atoms with Crippen LogP contribution in [0.25, 0.3) is 16.7 Å². The normalized spacial score (nSPS) is 18.2. The SMILES string of the molecule is FC(F)(F)c1cnc(NC2CCCNC2)nc1C1=CCc2cc(-c3cccnc3)ccc21. The molecule has 1 saturated heterocycles. The quantitative estimate of drug-likeness (QED) is 0.619. The Morgan fingerprint density at radius 3 is 2.75 bits per heavy atom. The van der Waals surface area contributed by atoms with E-state index < -0.39 is 11.7 Å². The Hall–Kier alpha value is -3.26. The van der Waals surface area contributed by atoms with Gasteiger partial charge in [0.2, 0.25) is 5.95 Å². The molecular weight excluding hydrogens is 415 g/mol. The lowest BCUT2D eigenvalue weighted by Crippen LogP contribution is -2.38. The predicted octanol–water partition coefficient (Wildman–Crippen LogP) is 4.71. The summed E-state index contributed by atoms with van der Waals surface area (Å²) in [7, 11) is 0. The fourth-order valence-electron chi connectivity index (χ4n) is 4.31. The van der Waals surface area contributed by atoms with Gasteiger partial charge in [-0.25, -0.2) is 9.97 Å². The Labute approximate surface area is 183 Å². The molecule has 1 atom stereocenters. The number of rotatable bonds is 4. The van der Waals surface area contributed by atoms with Crippen LogP contribution < -0.4 is 10.6 Å². The minimum Gasteiger partial charge on any atom is -0.350 e. The second-order valence-electron chi connectivity index (χ2n) is 8.08. The van der Waals surface area contributed by atoms with Crippen molar-refractivity contribution in [2.75, 3.05) is 18.4 Å². The predicted molar refractivity (Wildman–Crippen MR) is 117 cm³/mol. The monoisotopic (exact) mass is 437 g/mol. The number of allylic oxidation sites excluding steroid dienone is 1. The van der Waals surface area contributed by atoms with E-state index in [1.165, 1.54) is 0 Å². The fourth-order valence-corrected chi connectivity index (χ4v) is 4.31. The van der Waals surface area contributed by atoms with E-state index in [1.54, 1.807) is 12.4 Å². The first kappa shape index (κ1) is 20.6. The van der Waals surface area contributed by atoms with E-state index in [-0.39, 0.29) is 17.7 Å². The molecule has 32 heavy (non-hydrogen) atoms. The molecule has 0 bridgehead atoms. The Kier molecular flexibility index (Phi) is 5.38. The van der Waals surface area contributed by atoms with Crippen molar-refractivity contribution in [2.45, 2.75) is 31.5 Å². The maximum atomic E-state index is 13.8. The molecule has 0 amide bonds. The smallest absolute Gasteiger partial charge is 0.350 e. The van der Waals surface area contributed by atoms with Gasteiger partial charge in [0.05, 0.1) is 5.69 Å². The standard InChI is InChI=1S/C24H22F3N5/c25-24(26,27)21-14-30-23(31-18-4-2-10-29-13-18)32-22(21)20-8-6-16-11-15(5-7-19(16)20)17-3-1-9-28-12-17/h1,3,5,7-9,11-12,14,18,29H,2,4,6,10,13H2,(H,30,31,32). The third-order valence-electron chi connectivity index (χ3n) is 5.90. The maximum absolute atomic E-state index is 13.8. The number of piperidine rings is 1. The average Bonchev–Trinajstić information content (AvgIpc) is 3.23. The van der Waals surface area contributed by atoms with E-state index in [2.05, 4.69) is 25.6 Å². The van der Waals surface area contributed by atoms with Crippen molar-refractivity contribution in [1.82, 2.24) is 20.3 Å². The first-order valence-electron chi connectivity index (χ1n) is 10.6. The number of aromatic nitrogens is 3. The van der Waals surface area contributed by atoms with E-state index in [4.69, 9.17) is 0 Å². The van der Waals surface area contributed by atoms with Gasteiger partial charge in [-0.3, -0.25) is 4.98 Å². The van der Waals surface area contributed by atoms with Gasteiger partial charge < -0.3 is 10.6 Å². The minimum absolute atomic E-state index is 0.0772. The molecule has 0 saturated carbocycles. The van der Waals surface area contributed by atoms with Gasteiger partial charge in [0.1, 0.15) is 5.56 Å². The highest BCUT2D eigenvalue weighted by molar-refractivity contribution is 5.86. The molecule has 1 aromatic carbocycles. The molecule has 8 heteroatoms. The van der Waals surface area contributed by atoms with E-state index >= 15 is 0 Å². The number of nitrogens with one attached hydrogen (secondary N) is 2. The summed E-state index contributed by atoms with van der Waals surface area (Å²) >= 11 is 0. The zero-order chi connectivity index (χ0) is 22.1. The molecular formula is C24H22F3N5. The lowest BCUT2D eigenvalue weighted by atomic mass is 9.96. The van der Waals surface area contributed by atoms with Crippen molar-refractivity contribution in [3.63, 3.8) is 0 Å². The van der Waals surface area contributed by atoms with Gasteiger partial charge in [-0.1, -0.05) is 30.3 Å². The van der Waals surface area contributed by atoms with Crippen LogP contribution >= 0.6 is 0 Å². The molecule has 164 valence electrons. The maximum Gasteiger partial charge on any atom is 0.419 e. The van der Waals surface area contributed by atoms with Crippen LogP contribution in [0.1, 0.15) is 35.2 Å². The van der Waals surface area contributed by atoms with Crippen LogP contribution in [-0.2, 0) is 12.6 Å². The molecule has 3 heterocycles. The van der Waals surface area contributed by atoms with Gasteiger partial charge in [-0.2, -0.15) is 13.2 Å². The summed E-state index contributed by atoms with van der Waals surface area (Å²) in [5.74, 6) is 0.225. The van der Waals surface area contributed by atoms with Crippen molar-refractivity contribution in [1.29, 1.82) is 0 Å². The second kappa shape index (κ2) is 8.35. The van der Waals surface area contributed by atoms with Crippen LogP contribution in [0.4, 0.5) is 19.1 Å². The lowest BCUT2D eigenvalue weighted by Gasteiger charge is -2.24. The molecule has 2 N–H and O–H groups in total. The average molecular weight is 437 g/mol. The first-order valence-corrected chi connectivity index (χ1v) is 10.6. The highest BCUT2D eigenvalue weighted by Gasteiger charge is 2.37. The van der Waals surface area contributed by atoms with Crippen molar-refractivity contribution >= 4 is 11.5 Å². The molecule has 3 aromatic rings. The van der Waals surface area contributed by atoms with Crippen molar-refractivity contribution in [3.05, 3.63) is 77.4 Å². The van der Waals surface area contributed by atoms with E-state index in [0.29, 0.717) is 12.0 Å². The van der Waals surface area contributed by atoms with Crippen molar-refractivity contribution in [2.24, 2.45) is 0 Å². The summed E-state index contributed by atoms with van der Waals surface area (Å²) in [5.41, 5.74) is 3.29. The summed E-state index contributed by atoms with van der Waals surface area (Å²) in [6.07, 6.45) is 4.13. The van der Waals surface area contributed by atoms with Crippen LogP contribution in [0.2, 0.25) is 0 Å².